The van der Waals surface area contributed by atoms with Crippen molar-refractivity contribution in [1.82, 2.24) is 0 Å². The van der Waals surface area contributed by atoms with Crippen molar-refractivity contribution in [2.75, 3.05) is 6.26 Å². The zero-order valence-corrected chi connectivity index (χ0v) is 17.0. The maximum atomic E-state index is 12.5. The Morgan fingerprint density at radius 2 is 1.11 bits per heavy atom. The summed E-state index contributed by atoms with van der Waals surface area (Å²) in [4.78, 5) is 2.54. The summed E-state index contributed by atoms with van der Waals surface area (Å²) in [5.41, 5.74) is 0. The van der Waals surface area contributed by atoms with Crippen LogP contribution >= 0.6 is 10.3 Å². The van der Waals surface area contributed by atoms with E-state index in [9.17, 15) is 8.42 Å². The zero-order valence-electron chi connectivity index (χ0n) is 15.4. The largest absolute Gasteiger partial charge is 0.274 e. The Balaban J connectivity index is 2.17. The lowest BCUT2D eigenvalue weighted by atomic mass is 10.1. The maximum absolute atomic E-state index is 12.5. The van der Waals surface area contributed by atoms with Crippen molar-refractivity contribution in [2.24, 2.45) is 0 Å². The third-order valence-electron chi connectivity index (χ3n) is 4.44. The SMILES string of the molecule is CS(=O)(=O)OS(c1ccccc1)(c1ccccc1)c1cccc2ccccc12. The van der Waals surface area contributed by atoms with Crippen LogP contribution in [0.4, 0.5) is 0 Å². The van der Waals surface area contributed by atoms with Gasteiger partial charge in [-0.05, 0) is 51.4 Å². The van der Waals surface area contributed by atoms with Gasteiger partial charge in [-0.1, -0.05) is 72.8 Å². The maximum Gasteiger partial charge on any atom is 0.274 e. The van der Waals surface area contributed by atoms with Gasteiger partial charge in [0.15, 0.2) is 0 Å². The lowest BCUT2D eigenvalue weighted by Crippen LogP contribution is -2.13. The molecule has 0 aromatic heterocycles. The highest BCUT2D eigenvalue weighted by Crippen LogP contribution is 2.70. The molecular weight excluding hydrogens is 388 g/mol. The fourth-order valence-corrected chi connectivity index (χ4v) is 8.39. The molecule has 0 heterocycles. The van der Waals surface area contributed by atoms with Crippen LogP contribution < -0.4 is 0 Å². The molecule has 4 rings (SSSR count). The average Bonchev–Trinajstić information content (AvgIpc) is 2.72. The van der Waals surface area contributed by atoms with E-state index in [1.807, 2.05) is 103 Å². The van der Waals surface area contributed by atoms with E-state index in [2.05, 4.69) is 0 Å². The molecule has 0 N–H and O–H groups in total. The van der Waals surface area contributed by atoms with Crippen LogP contribution in [0.15, 0.2) is 118 Å². The Bertz CT molecular complexity index is 1160. The molecular formula is C23H20O3S2. The van der Waals surface area contributed by atoms with E-state index >= 15 is 0 Å². The predicted molar refractivity (Wildman–Crippen MR) is 115 cm³/mol. The van der Waals surface area contributed by atoms with Gasteiger partial charge in [-0.25, -0.2) is 3.63 Å². The standard InChI is InChI=1S/C23H20O3S2/c1-27(24,25)26-28(20-13-4-2-5-14-20,21-15-6-3-7-16-21)23-18-10-12-19-11-8-9-17-22(19)23/h2-18H,1H3. The van der Waals surface area contributed by atoms with E-state index in [1.165, 1.54) is 0 Å². The molecule has 0 aliphatic rings. The van der Waals surface area contributed by atoms with Crippen molar-refractivity contribution in [3.05, 3.63) is 103 Å². The highest BCUT2D eigenvalue weighted by atomic mass is 32.3. The number of benzene rings is 4. The molecule has 0 radical (unpaired) electrons. The van der Waals surface area contributed by atoms with Gasteiger partial charge >= 0.3 is 0 Å². The Hall–Kier alpha value is -2.60. The van der Waals surface area contributed by atoms with Crippen LogP contribution in [0.3, 0.4) is 0 Å². The highest BCUT2D eigenvalue weighted by molar-refractivity contribution is 8.33. The second-order valence-corrected chi connectivity index (χ2v) is 10.9. The second kappa shape index (κ2) is 7.43. The summed E-state index contributed by atoms with van der Waals surface area (Å²) in [5.74, 6) is 0. The molecule has 28 heavy (non-hydrogen) atoms. The number of fused-ring (bicyclic) bond motifs is 1. The van der Waals surface area contributed by atoms with Crippen molar-refractivity contribution in [1.29, 1.82) is 0 Å². The van der Waals surface area contributed by atoms with Crippen molar-refractivity contribution >= 4 is 31.2 Å². The number of hydrogen-bond acceptors (Lipinski definition) is 3. The van der Waals surface area contributed by atoms with Crippen LogP contribution in [0.2, 0.25) is 0 Å². The molecule has 0 aliphatic carbocycles. The van der Waals surface area contributed by atoms with E-state index in [-0.39, 0.29) is 0 Å². The Morgan fingerprint density at radius 3 is 1.68 bits per heavy atom. The average molecular weight is 409 g/mol. The molecule has 0 unspecified atom stereocenters. The molecule has 0 spiro atoms. The van der Waals surface area contributed by atoms with Gasteiger partial charge in [0.1, 0.15) is 0 Å². The van der Waals surface area contributed by atoms with Crippen molar-refractivity contribution in [3.63, 3.8) is 0 Å². The third kappa shape index (κ3) is 3.44. The molecule has 0 atom stereocenters. The molecule has 0 saturated heterocycles. The first kappa shape index (κ1) is 18.7. The lowest BCUT2D eigenvalue weighted by Gasteiger charge is -2.39. The van der Waals surface area contributed by atoms with Crippen molar-refractivity contribution in [3.8, 4) is 0 Å². The third-order valence-corrected chi connectivity index (χ3v) is 9.09. The molecule has 3 nitrogen and oxygen atoms in total. The molecule has 0 saturated carbocycles. The summed E-state index contributed by atoms with van der Waals surface area (Å²) in [6.07, 6.45) is 1.12. The first-order valence-corrected chi connectivity index (χ1v) is 12.2. The molecule has 142 valence electrons. The van der Waals surface area contributed by atoms with Crippen LogP contribution in [0.1, 0.15) is 0 Å². The van der Waals surface area contributed by atoms with Crippen LogP contribution in [-0.4, -0.2) is 14.7 Å². The van der Waals surface area contributed by atoms with Crippen molar-refractivity contribution < 1.29 is 12.0 Å². The van der Waals surface area contributed by atoms with Crippen LogP contribution in [0.5, 0.6) is 0 Å². The molecule has 0 amide bonds. The smallest absolute Gasteiger partial charge is 0.207 e. The van der Waals surface area contributed by atoms with Gasteiger partial charge in [0.25, 0.3) is 10.1 Å². The molecule has 5 heteroatoms. The second-order valence-electron chi connectivity index (χ2n) is 6.43. The zero-order chi connectivity index (χ0) is 19.6. The topological polar surface area (TPSA) is 43.4 Å². The molecule has 4 aromatic carbocycles. The van der Waals surface area contributed by atoms with Crippen LogP contribution in [-0.2, 0) is 13.7 Å². The Morgan fingerprint density at radius 1 is 0.607 bits per heavy atom. The van der Waals surface area contributed by atoms with Gasteiger partial charge in [0, 0.05) is 14.7 Å². The fourth-order valence-electron chi connectivity index (χ4n) is 3.36. The molecule has 0 fully saturated rings. The first-order chi connectivity index (χ1) is 13.5. The Kier molecular flexibility index (Phi) is 4.98. The van der Waals surface area contributed by atoms with E-state index in [1.54, 1.807) is 0 Å². The van der Waals surface area contributed by atoms with Crippen molar-refractivity contribution in [2.45, 2.75) is 14.7 Å². The van der Waals surface area contributed by atoms with E-state index in [0.29, 0.717) is 0 Å². The lowest BCUT2D eigenvalue weighted by molar-refractivity contribution is 0.516. The van der Waals surface area contributed by atoms with Gasteiger partial charge in [-0.15, -0.1) is 0 Å². The van der Waals surface area contributed by atoms with Gasteiger partial charge in [0.05, 0.1) is 6.26 Å². The minimum absolute atomic E-state index is 0.836. The van der Waals surface area contributed by atoms with E-state index < -0.39 is 20.4 Å². The predicted octanol–water partition coefficient (Wildman–Crippen LogP) is 6.01. The normalized spacial score (nSPS) is 12.8. The summed E-state index contributed by atoms with van der Waals surface area (Å²) in [7, 11) is -6.26. The van der Waals surface area contributed by atoms with E-state index in [4.69, 9.17) is 3.63 Å². The molecule has 4 aromatic rings. The number of rotatable bonds is 5. The van der Waals surface area contributed by atoms with Gasteiger partial charge in [0.2, 0.25) is 0 Å². The minimum Gasteiger partial charge on any atom is -0.207 e. The highest BCUT2D eigenvalue weighted by Gasteiger charge is 2.37. The summed E-state index contributed by atoms with van der Waals surface area (Å²) in [5, 5.41) is 2.03. The van der Waals surface area contributed by atoms with Crippen LogP contribution in [0, 0.1) is 0 Å². The van der Waals surface area contributed by atoms with E-state index in [0.717, 1.165) is 31.7 Å². The summed E-state index contributed by atoms with van der Waals surface area (Å²) in [6, 6.07) is 33.2. The monoisotopic (exact) mass is 408 g/mol. The summed E-state index contributed by atoms with van der Waals surface area (Å²) >= 11 is 0. The summed E-state index contributed by atoms with van der Waals surface area (Å²) < 4.78 is 31.1. The number of hydrogen-bond donors (Lipinski definition) is 0. The molecule has 0 bridgehead atoms. The Labute approximate surface area is 167 Å². The van der Waals surface area contributed by atoms with Gasteiger partial charge < -0.3 is 0 Å². The van der Waals surface area contributed by atoms with Gasteiger partial charge in [-0.2, -0.15) is 8.42 Å². The first-order valence-electron chi connectivity index (χ1n) is 8.83. The quantitative estimate of drug-likeness (QED) is 0.406. The fraction of sp³-hybridized carbons (Fsp3) is 0.0435. The van der Waals surface area contributed by atoms with Gasteiger partial charge in [-0.3, -0.25) is 0 Å². The minimum atomic E-state index is -3.76. The molecule has 0 aliphatic heterocycles. The summed E-state index contributed by atoms with van der Waals surface area (Å²) in [6.45, 7) is 0. The van der Waals surface area contributed by atoms with Crippen LogP contribution in [0.25, 0.3) is 10.8 Å².